The van der Waals surface area contributed by atoms with Crippen LogP contribution in [-0.4, -0.2) is 20.9 Å². The van der Waals surface area contributed by atoms with Gasteiger partial charge in [-0.25, -0.2) is 0 Å². The average Bonchev–Trinajstić information content (AvgIpc) is 3.04. The SMILES string of the molecule is CC1(C)c2c([c-]nc3ccccc23)-c2nccc3cc(C4CCCCC4)cc1c23.CCC(CC)C(=O)/C=C(\O)C(CC)CC.[Ir]. The molecule has 2 heterocycles. The van der Waals surface area contributed by atoms with Gasteiger partial charge in [-0.3, -0.25) is 4.79 Å². The Morgan fingerprint density at radius 1 is 0.978 bits per heavy atom. The fourth-order valence-corrected chi connectivity index (χ4v) is 7.52. The van der Waals surface area contributed by atoms with Crippen LogP contribution in [0.5, 0.6) is 0 Å². The third-order valence-electron chi connectivity index (χ3n) is 10.3. The van der Waals surface area contributed by atoms with E-state index in [1.54, 1.807) is 0 Å². The standard InChI is InChI=1S/C27H25N2.C13H24O2.Ir/c1-27(2)22-15-19(17-8-4-3-5-9-17)14-18-12-13-28-26(24(18)22)21-16-29-23-11-7-6-10-20(23)25(21)27;1-5-10(6-2)12(14)9-13(15)11(7-3)8-4;/h6-7,10-15,17H,3-5,8-9H2,1-2H3;9-11,14H,5-8H2,1-4H3;/q-1;;/b;12-9-;. The number of aromatic nitrogens is 2. The second-order valence-corrected chi connectivity index (χ2v) is 13.3. The molecule has 1 radical (unpaired) electrons. The van der Waals surface area contributed by atoms with Crippen LogP contribution in [0.4, 0.5) is 0 Å². The maximum absolute atomic E-state index is 11.7. The Bertz CT molecular complexity index is 1660. The smallest absolute Gasteiger partial charge is 0.162 e. The van der Waals surface area contributed by atoms with Crippen molar-refractivity contribution in [2.75, 3.05) is 0 Å². The minimum atomic E-state index is -0.118. The van der Waals surface area contributed by atoms with Crippen LogP contribution in [0.2, 0.25) is 0 Å². The Balaban J connectivity index is 0.000000249. The minimum Gasteiger partial charge on any atom is -0.512 e. The molecule has 0 atom stereocenters. The molecule has 241 valence electrons. The van der Waals surface area contributed by atoms with E-state index >= 15 is 0 Å². The monoisotopic (exact) mass is 782 g/mol. The van der Waals surface area contributed by atoms with Crippen molar-refractivity contribution >= 4 is 27.5 Å². The predicted molar refractivity (Wildman–Crippen MR) is 183 cm³/mol. The number of carbonyl (C=O) groups excluding carboxylic acids is 1. The first-order valence-electron chi connectivity index (χ1n) is 16.9. The number of aliphatic hydroxyl groups is 1. The summed E-state index contributed by atoms with van der Waals surface area (Å²) in [5, 5.41) is 13.6. The normalized spacial score (nSPS) is 15.9. The summed E-state index contributed by atoms with van der Waals surface area (Å²) >= 11 is 0. The van der Waals surface area contributed by atoms with Crippen molar-refractivity contribution in [1.82, 2.24) is 9.97 Å². The van der Waals surface area contributed by atoms with E-state index in [1.165, 1.54) is 71.0 Å². The van der Waals surface area contributed by atoms with Crippen LogP contribution in [0, 0.1) is 18.0 Å². The first-order valence-corrected chi connectivity index (χ1v) is 16.9. The summed E-state index contributed by atoms with van der Waals surface area (Å²) in [7, 11) is 0. The van der Waals surface area contributed by atoms with E-state index in [1.807, 2.05) is 33.9 Å². The first kappa shape index (κ1) is 35.0. The van der Waals surface area contributed by atoms with E-state index < -0.39 is 0 Å². The third kappa shape index (κ3) is 6.95. The fraction of sp³-hybridized carbons (Fsp3) is 0.475. The van der Waals surface area contributed by atoms with Gasteiger partial charge in [0, 0.05) is 44.2 Å². The maximum atomic E-state index is 11.7. The zero-order valence-electron chi connectivity index (χ0n) is 27.9. The van der Waals surface area contributed by atoms with Crippen LogP contribution in [0.3, 0.4) is 0 Å². The quantitative estimate of drug-likeness (QED) is 0.110. The van der Waals surface area contributed by atoms with Crippen molar-refractivity contribution in [3.05, 3.63) is 83.4 Å². The topological polar surface area (TPSA) is 63.1 Å². The number of nitrogens with zero attached hydrogens (tertiary/aromatic N) is 2. The van der Waals surface area contributed by atoms with Crippen LogP contribution in [0.25, 0.3) is 32.9 Å². The second kappa shape index (κ2) is 15.1. The fourth-order valence-electron chi connectivity index (χ4n) is 7.52. The molecule has 6 rings (SSSR count). The van der Waals surface area contributed by atoms with E-state index in [4.69, 9.17) is 4.98 Å². The van der Waals surface area contributed by atoms with Gasteiger partial charge in [-0.2, -0.15) is 0 Å². The maximum Gasteiger partial charge on any atom is 0.162 e. The molecule has 4 nitrogen and oxygen atoms in total. The number of rotatable bonds is 8. The van der Waals surface area contributed by atoms with Gasteiger partial charge in [-0.05, 0) is 95.2 Å². The molecule has 0 saturated heterocycles. The largest absolute Gasteiger partial charge is 0.512 e. The Hall–Kier alpha value is -2.88. The van der Waals surface area contributed by atoms with Gasteiger partial charge < -0.3 is 15.1 Å². The van der Waals surface area contributed by atoms with Crippen molar-refractivity contribution in [1.29, 1.82) is 0 Å². The Morgan fingerprint density at radius 2 is 1.64 bits per heavy atom. The summed E-state index contributed by atoms with van der Waals surface area (Å²) in [6.07, 6.45) is 17.0. The molecule has 0 amide bonds. The molecule has 2 aromatic carbocycles. The number of hydrogen-bond acceptors (Lipinski definition) is 4. The molecule has 1 saturated carbocycles. The number of para-hydroxylation sites is 1. The Kier molecular flexibility index (Phi) is 11.8. The molecule has 5 heteroatoms. The molecular weight excluding hydrogens is 733 g/mol. The number of allylic oxidation sites excluding steroid dienone is 2. The second-order valence-electron chi connectivity index (χ2n) is 13.3. The number of hydrogen-bond donors (Lipinski definition) is 1. The summed E-state index contributed by atoms with van der Waals surface area (Å²) < 4.78 is 0. The molecule has 1 fully saturated rings. The zero-order valence-corrected chi connectivity index (χ0v) is 30.3. The molecule has 2 aliphatic carbocycles. The van der Waals surface area contributed by atoms with Gasteiger partial charge in [0.15, 0.2) is 5.78 Å². The van der Waals surface area contributed by atoms with Crippen molar-refractivity contribution in [2.45, 2.75) is 111 Å². The molecule has 0 spiro atoms. The van der Waals surface area contributed by atoms with Crippen LogP contribution in [0.1, 0.15) is 122 Å². The molecule has 2 aliphatic rings. The van der Waals surface area contributed by atoms with Gasteiger partial charge in [0.1, 0.15) is 0 Å². The van der Waals surface area contributed by atoms with E-state index in [9.17, 15) is 9.90 Å². The molecular formula is C40H49IrN2O2-. The van der Waals surface area contributed by atoms with Gasteiger partial charge in [0.2, 0.25) is 0 Å². The van der Waals surface area contributed by atoms with Crippen molar-refractivity contribution < 1.29 is 30.0 Å². The van der Waals surface area contributed by atoms with Gasteiger partial charge in [0.25, 0.3) is 0 Å². The molecule has 0 unspecified atom stereocenters. The van der Waals surface area contributed by atoms with Crippen LogP contribution >= 0.6 is 0 Å². The summed E-state index contributed by atoms with van der Waals surface area (Å²) in [6, 6.07) is 15.6. The van der Waals surface area contributed by atoms with Crippen molar-refractivity contribution in [3.63, 3.8) is 0 Å². The molecule has 45 heavy (non-hydrogen) atoms. The number of aliphatic hydroxyl groups excluding tert-OH is 1. The van der Waals surface area contributed by atoms with E-state index in [-0.39, 0.29) is 48.9 Å². The van der Waals surface area contributed by atoms with E-state index in [0.29, 0.717) is 5.92 Å². The number of pyridine rings is 2. The predicted octanol–water partition coefficient (Wildman–Crippen LogP) is 10.8. The van der Waals surface area contributed by atoms with Gasteiger partial charge in [0.05, 0.1) is 5.76 Å². The summed E-state index contributed by atoms with van der Waals surface area (Å²) in [6.45, 7) is 12.8. The van der Waals surface area contributed by atoms with Crippen LogP contribution in [0.15, 0.2) is 60.5 Å². The molecule has 4 aromatic rings. The van der Waals surface area contributed by atoms with Gasteiger partial charge in [-0.15, -0.1) is 11.1 Å². The number of carbonyl (C=O) groups is 1. The molecule has 0 bridgehead atoms. The summed E-state index contributed by atoms with van der Waals surface area (Å²) in [5.41, 5.74) is 7.25. The van der Waals surface area contributed by atoms with Gasteiger partial charge >= 0.3 is 0 Å². The Morgan fingerprint density at radius 3 is 2.31 bits per heavy atom. The summed E-state index contributed by atoms with van der Waals surface area (Å²) in [5.74, 6) is 1.24. The third-order valence-corrected chi connectivity index (χ3v) is 10.3. The number of ketones is 1. The number of fused-ring (bicyclic) bond motifs is 4. The van der Waals surface area contributed by atoms with Crippen molar-refractivity contribution in [2.24, 2.45) is 11.8 Å². The molecule has 2 aromatic heterocycles. The molecule has 0 aliphatic heterocycles. The van der Waals surface area contributed by atoms with Crippen LogP contribution < -0.4 is 0 Å². The minimum absolute atomic E-state index is 0. The Labute approximate surface area is 283 Å². The van der Waals surface area contributed by atoms with E-state index in [2.05, 4.69) is 67.5 Å². The average molecular weight is 782 g/mol. The van der Waals surface area contributed by atoms with Crippen molar-refractivity contribution in [3.8, 4) is 11.3 Å². The molecule has 1 N–H and O–H groups in total. The first-order chi connectivity index (χ1) is 21.2. The number of benzene rings is 2. The van der Waals surface area contributed by atoms with Gasteiger partial charge in [-0.1, -0.05) is 103 Å². The van der Waals surface area contributed by atoms with Crippen LogP contribution in [-0.2, 0) is 30.3 Å². The zero-order chi connectivity index (χ0) is 31.4. The van der Waals surface area contributed by atoms with E-state index in [0.717, 1.165) is 42.5 Å². The summed E-state index contributed by atoms with van der Waals surface area (Å²) in [4.78, 5) is 21.2.